The third-order valence-corrected chi connectivity index (χ3v) is 11.0. The number of aliphatic hydroxyl groups is 2. The van der Waals surface area contributed by atoms with Gasteiger partial charge in [0.05, 0.1) is 15.3 Å². The number of aliphatic carboxylic acids is 1. The van der Waals surface area contributed by atoms with Gasteiger partial charge < -0.3 is 15.3 Å². The van der Waals surface area contributed by atoms with E-state index in [2.05, 4.69) is 0 Å². The highest BCUT2D eigenvalue weighted by Crippen LogP contribution is 2.72. The van der Waals surface area contributed by atoms with Gasteiger partial charge in [0.25, 0.3) is 0 Å². The molecule has 0 bridgehead atoms. The van der Waals surface area contributed by atoms with E-state index >= 15 is 4.39 Å². The van der Waals surface area contributed by atoms with Crippen LogP contribution in [0.25, 0.3) is 0 Å². The second-order valence-electron chi connectivity index (χ2n) is 10.8. The van der Waals surface area contributed by atoms with Crippen LogP contribution in [0.5, 0.6) is 0 Å². The van der Waals surface area contributed by atoms with Crippen LogP contribution in [0, 0.1) is 34.5 Å². The predicted octanol–water partition coefficient (Wildman–Crippen LogP) is 3.63. The lowest BCUT2D eigenvalue weighted by atomic mass is 9.46. The molecule has 0 aliphatic heterocycles. The second-order valence-corrected chi connectivity index (χ2v) is 12.4. The highest BCUT2D eigenvalue weighted by Gasteiger charge is 2.72. The van der Waals surface area contributed by atoms with Gasteiger partial charge in [0.2, 0.25) is 0 Å². The third-order valence-electron chi connectivity index (χ3n) is 9.13. The molecule has 0 aromatic rings. The van der Waals surface area contributed by atoms with E-state index in [4.69, 9.17) is 39.9 Å². The van der Waals surface area contributed by atoms with E-state index in [1.807, 2.05) is 13.8 Å². The van der Waals surface area contributed by atoms with Gasteiger partial charge in [0, 0.05) is 11.3 Å². The fraction of sp³-hybridized carbons (Fsp3) is 0.708. The summed E-state index contributed by atoms with van der Waals surface area (Å²) in [5, 5.41) is 28.4. The van der Waals surface area contributed by atoms with Gasteiger partial charge >= 0.3 is 5.97 Å². The Morgan fingerprint density at radius 1 is 1.18 bits per heavy atom. The standard InChI is InChI=1S/C24H28Cl3FO6/c1-9-4-10-11-5-14(28)12-6-15(29)13(25)7-23(12,3)24(11,27)16(26)8-22(10,2)17(9)18(30)19(31)20(32)21(33)34/h6-7,9-11,14,16-17,19-20,31-32H,4-5,8H2,1-3H3,(H,33,34)/t9-,10+,11+,14-,16+,17-,19?,20?,22+,23+,24+/m1/s1. The minimum atomic E-state index is -2.24. The number of fused-ring (bicyclic) bond motifs is 5. The first kappa shape index (κ1) is 26.1. The van der Waals surface area contributed by atoms with Crippen LogP contribution in [0.3, 0.4) is 0 Å². The maximum atomic E-state index is 15.6. The SMILES string of the molecule is C[C@@H]1C[C@H]2[C@@H]3C[C@@H](F)C4=CC(=O)C(Cl)=C[C@]4(C)[C@@]3(Cl)[C@@H](Cl)C[C@]2(C)[C@H]1C(=O)C(O)C(O)C(=O)O. The van der Waals surface area contributed by atoms with Crippen molar-refractivity contribution in [2.45, 2.75) is 68.7 Å². The largest absolute Gasteiger partial charge is 0.479 e. The van der Waals surface area contributed by atoms with Gasteiger partial charge in [-0.25, -0.2) is 9.18 Å². The molecule has 11 atom stereocenters. The van der Waals surface area contributed by atoms with Crippen LogP contribution in [-0.4, -0.2) is 61.5 Å². The average Bonchev–Trinajstić information content (AvgIpc) is 3.00. The van der Waals surface area contributed by atoms with Crippen LogP contribution in [0.15, 0.2) is 22.8 Å². The Labute approximate surface area is 212 Å². The lowest BCUT2D eigenvalue weighted by molar-refractivity contribution is -0.161. The van der Waals surface area contributed by atoms with Gasteiger partial charge in [0.15, 0.2) is 17.7 Å². The normalized spacial score (nSPS) is 47.5. The van der Waals surface area contributed by atoms with Crippen molar-refractivity contribution in [3.8, 4) is 0 Å². The van der Waals surface area contributed by atoms with E-state index < -0.39 is 68.8 Å². The number of allylic oxidation sites excluding steroid dienone is 4. The molecule has 3 saturated carbocycles. The summed E-state index contributed by atoms with van der Waals surface area (Å²) in [5.74, 6) is -4.75. The Morgan fingerprint density at radius 3 is 2.38 bits per heavy atom. The van der Waals surface area contributed by atoms with Gasteiger partial charge in [-0.3, -0.25) is 9.59 Å². The molecular weight excluding hydrogens is 510 g/mol. The zero-order valence-electron chi connectivity index (χ0n) is 19.0. The molecule has 2 unspecified atom stereocenters. The Hall–Kier alpha value is -0.990. The number of carbonyl (C=O) groups is 3. The fourth-order valence-corrected chi connectivity index (χ4v) is 9.12. The molecule has 3 N–H and O–H groups in total. The van der Waals surface area contributed by atoms with Gasteiger partial charge in [-0.1, -0.05) is 32.4 Å². The average molecular weight is 538 g/mol. The van der Waals surface area contributed by atoms with Crippen LogP contribution >= 0.6 is 34.8 Å². The number of halogens is 4. The van der Waals surface area contributed by atoms with E-state index in [0.29, 0.717) is 6.42 Å². The number of carbonyl (C=O) groups excluding carboxylic acids is 2. The van der Waals surface area contributed by atoms with Crippen molar-refractivity contribution in [2.24, 2.45) is 34.5 Å². The second kappa shape index (κ2) is 8.27. The number of carboxylic acid groups (broad SMARTS) is 1. The monoisotopic (exact) mass is 536 g/mol. The molecule has 0 amide bonds. The number of rotatable bonds is 4. The minimum Gasteiger partial charge on any atom is -0.479 e. The lowest BCUT2D eigenvalue weighted by Crippen LogP contribution is -2.66. The molecule has 0 aromatic carbocycles. The number of alkyl halides is 3. The third kappa shape index (κ3) is 3.30. The smallest absolute Gasteiger partial charge is 0.335 e. The first-order valence-corrected chi connectivity index (χ1v) is 12.5. The lowest BCUT2D eigenvalue weighted by Gasteiger charge is -2.63. The number of aliphatic hydroxyl groups excluding tert-OH is 2. The molecule has 10 heteroatoms. The van der Waals surface area contributed by atoms with Gasteiger partial charge in [0.1, 0.15) is 12.3 Å². The molecule has 4 aliphatic carbocycles. The van der Waals surface area contributed by atoms with Crippen LogP contribution in [0.4, 0.5) is 4.39 Å². The summed E-state index contributed by atoms with van der Waals surface area (Å²) in [6.07, 6.45) is -2.31. The van der Waals surface area contributed by atoms with Gasteiger partial charge in [-0.05, 0) is 60.2 Å². The minimum absolute atomic E-state index is 0.0150. The molecule has 6 nitrogen and oxygen atoms in total. The van der Waals surface area contributed by atoms with Crippen LogP contribution in [0.1, 0.15) is 40.0 Å². The Bertz CT molecular complexity index is 1010. The van der Waals surface area contributed by atoms with Crippen molar-refractivity contribution in [1.82, 2.24) is 0 Å². The van der Waals surface area contributed by atoms with Crippen molar-refractivity contribution < 1.29 is 34.1 Å². The molecule has 0 aromatic heterocycles. The highest BCUT2D eigenvalue weighted by atomic mass is 35.5. The van der Waals surface area contributed by atoms with E-state index in [1.165, 1.54) is 12.2 Å². The first-order valence-electron chi connectivity index (χ1n) is 11.4. The predicted molar refractivity (Wildman–Crippen MR) is 125 cm³/mol. The van der Waals surface area contributed by atoms with Crippen molar-refractivity contribution in [2.75, 3.05) is 0 Å². The van der Waals surface area contributed by atoms with Crippen LogP contribution in [-0.2, 0) is 14.4 Å². The van der Waals surface area contributed by atoms with E-state index in [9.17, 15) is 24.6 Å². The number of Topliss-reactive ketones (excluding diaryl/α,β-unsaturated/α-hetero) is 1. The Morgan fingerprint density at radius 2 is 1.79 bits per heavy atom. The summed E-state index contributed by atoms with van der Waals surface area (Å²) >= 11 is 20.5. The summed E-state index contributed by atoms with van der Waals surface area (Å²) in [7, 11) is 0. The number of hydrogen-bond acceptors (Lipinski definition) is 5. The molecule has 4 aliphatic rings. The Balaban J connectivity index is 1.78. The van der Waals surface area contributed by atoms with Crippen LogP contribution in [0.2, 0.25) is 0 Å². The molecule has 0 saturated heterocycles. The summed E-state index contributed by atoms with van der Waals surface area (Å²) < 4.78 is 15.6. The van der Waals surface area contributed by atoms with Crippen molar-refractivity contribution in [3.05, 3.63) is 22.8 Å². The molecule has 3 fully saturated rings. The van der Waals surface area contributed by atoms with E-state index in [0.717, 1.165) is 0 Å². The quantitative estimate of drug-likeness (QED) is 0.472. The Kier molecular flexibility index (Phi) is 6.34. The fourth-order valence-electron chi connectivity index (χ4n) is 7.64. The number of ketones is 2. The molecule has 188 valence electrons. The van der Waals surface area contributed by atoms with Crippen molar-refractivity contribution >= 4 is 52.3 Å². The molecule has 0 radical (unpaired) electrons. The molecule has 0 heterocycles. The van der Waals surface area contributed by atoms with Crippen molar-refractivity contribution in [3.63, 3.8) is 0 Å². The molecule has 0 spiro atoms. The zero-order valence-corrected chi connectivity index (χ0v) is 21.2. The van der Waals surface area contributed by atoms with Gasteiger partial charge in [-0.2, -0.15) is 0 Å². The van der Waals surface area contributed by atoms with Gasteiger partial charge in [-0.15, -0.1) is 23.2 Å². The van der Waals surface area contributed by atoms with E-state index in [-0.39, 0.29) is 35.3 Å². The summed E-state index contributed by atoms with van der Waals surface area (Å²) in [6.45, 7) is 5.42. The summed E-state index contributed by atoms with van der Waals surface area (Å²) in [6, 6.07) is 0. The maximum absolute atomic E-state index is 15.6. The number of carboxylic acids is 1. The topological polar surface area (TPSA) is 112 Å². The zero-order chi connectivity index (χ0) is 25.5. The van der Waals surface area contributed by atoms with Crippen LogP contribution < -0.4 is 0 Å². The maximum Gasteiger partial charge on any atom is 0.335 e. The first-order chi connectivity index (χ1) is 15.6. The number of hydrogen-bond donors (Lipinski definition) is 3. The molecule has 34 heavy (non-hydrogen) atoms. The van der Waals surface area contributed by atoms with E-state index in [1.54, 1.807) is 6.92 Å². The van der Waals surface area contributed by atoms with Crippen molar-refractivity contribution in [1.29, 1.82) is 0 Å². The molecular formula is C24H28Cl3FO6. The summed E-state index contributed by atoms with van der Waals surface area (Å²) in [4.78, 5) is 35.4. The summed E-state index contributed by atoms with van der Waals surface area (Å²) in [5.41, 5.74) is -1.68. The molecule has 4 rings (SSSR count). The highest BCUT2D eigenvalue weighted by molar-refractivity contribution is 6.45.